The van der Waals surface area contributed by atoms with Crippen LogP contribution in [-0.4, -0.2) is 12.2 Å². The molecule has 1 aliphatic rings. The van der Waals surface area contributed by atoms with E-state index in [0.29, 0.717) is 5.57 Å². The number of nitrogens with two attached hydrogens (primary N) is 1. The molecule has 1 rings (SSSR count). The SMILES string of the molecule is C/C=C(/C)C1=CC(F)=C[C@H](F)[C@@H]1N. The third-order valence-corrected chi connectivity index (χ3v) is 2.20. The average molecular weight is 185 g/mol. The van der Waals surface area contributed by atoms with Gasteiger partial charge in [-0.3, -0.25) is 0 Å². The molecule has 0 aromatic carbocycles. The summed E-state index contributed by atoms with van der Waals surface area (Å²) in [7, 11) is 0. The van der Waals surface area contributed by atoms with Crippen LogP contribution in [-0.2, 0) is 0 Å². The monoisotopic (exact) mass is 185 g/mol. The van der Waals surface area contributed by atoms with Gasteiger partial charge in [-0.25, -0.2) is 8.78 Å². The Labute approximate surface area is 76.6 Å². The number of alkyl halides is 1. The Balaban J connectivity index is 3.02. The smallest absolute Gasteiger partial charge is 0.141 e. The van der Waals surface area contributed by atoms with E-state index < -0.39 is 18.0 Å². The molecule has 0 aliphatic heterocycles. The van der Waals surface area contributed by atoms with E-state index in [0.717, 1.165) is 11.6 Å². The van der Waals surface area contributed by atoms with Gasteiger partial charge in [0.15, 0.2) is 0 Å². The van der Waals surface area contributed by atoms with Crippen LogP contribution in [0.2, 0.25) is 0 Å². The normalized spacial score (nSPS) is 29.8. The second-order valence-corrected chi connectivity index (χ2v) is 3.09. The van der Waals surface area contributed by atoms with Crippen molar-refractivity contribution in [2.24, 2.45) is 5.73 Å². The van der Waals surface area contributed by atoms with E-state index in [9.17, 15) is 8.78 Å². The maximum Gasteiger partial charge on any atom is 0.141 e. The van der Waals surface area contributed by atoms with Crippen molar-refractivity contribution in [1.82, 2.24) is 0 Å². The summed E-state index contributed by atoms with van der Waals surface area (Å²) in [6.45, 7) is 3.60. The van der Waals surface area contributed by atoms with Gasteiger partial charge in [-0.1, -0.05) is 11.6 Å². The lowest BCUT2D eigenvalue weighted by Crippen LogP contribution is -2.34. The van der Waals surface area contributed by atoms with Gasteiger partial charge in [0.2, 0.25) is 0 Å². The first kappa shape index (κ1) is 10.1. The minimum Gasteiger partial charge on any atom is -0.321 e. The molecule has 0 saturated heterocycles. The van der Waals surface area contributed by atoms with Gasteiger partial charge in [-0.05, 0) is 31.6 Å². The topological polar surface area (TPSA) is 26.0 Å². The van der Waals surface area contributed by atoms with E-state index in [2.05, 4.69) is 0 Å². The summed E-state index contributed by atoms with van der Waals surface area (Å²) in [6.07, 6.45) is 2.55. The maximum atomic E-state index is 13.1. The Morgan fingerprint density at radius 3 is 2.77 bits per heavy atom. The highest BCUT2D eigenvalue weighted by atomic mass is 19.1. The molecule has 2 N–H and O–H groups in total. The fourth-order valence-corrected chi connectivity index (χ4v) is 1.26. The molecule has 0 amide bonds. The molecule has 0 aromatic rings. The van der Waals surface area contributed by atoms with E-state index in [4.69, 9.17) is 5.73 Å². The van der Waals surface area contributed by atoms with Gasteiger partial charge in [0.1, 0.15) is 12.0 Å². The first-order valence-corrected chi connectivity index (χ1v) is 4.18. The molecular formula is C10H13F2N. The summed E-state index contributed by atoms with van der Waals surface area (Å²) in [5, 5.41) is 0. The van der Waals surface area contributed by atoms with Gasteiger partial charge in [-0.15, -0.1) is 0 Å². The van der Waals surface area contributed by atoms with Crippen molar-refractivity contribution in [3.8, 4) is 0 Å². The summed E-state index contributed by atoms with van der Waals surface area (Å²) in [6, 6.07) is -0.740. The number of halogens is 2. The molecule has 13 heavy (non-hydrogen) atoms. The van der Waals surface area contributed by atoms with Crippen molar-refractivity contribution < 1.29 is 8.78 Å². The molecule has 72 valence electrons. The highest BCUT2D eigenvalue weighted by molar-refractivity contribution is 5.42. The van der Waals surface area contributed by atoms with Crippen LogP contribution in [0.1, 0.15) is 13.8 Å². The molecule has 0 spiro atoms. The third-order valence-electron chi connectivity index (χ3n) is 2.20. The molecule has 1 aliphatic carbocycles. The van der Waals surface area contributed by atoms with Gasteiger partial charge in [0, 0.05) is 0 Å². The van der Waals surface area contributed by atoms with E-state index in [1.54, 1.807) is 13.0 Å². The first-order valence-electron chi connectivity index (χ1n) is 4.18. The number of hydrogen-bond acceptors (Lipinski definition) is 1. The van der Waals surface area contributed by atoms with Crippen LogP contribution < -0.4 is 5.73 Å². The minimum absolute atomic E-state index is 0.537. The zero-order valence-corrected chi connectivity index (χ0v) is 7.72. The van der Waals surface area contributed by atoms with Crippen molar-refractivity contribution >= 4 is 0 Å². The summed E-state index contributed by atoms with van der Waals surface area (Å²) in [4.78, 5) is 0. The highest BCUT2D eigenvalue weighted by Gasteiger charge is 2.24. The van der Waals surface area contributed by atoms with Crippen LogP contribution in [0.3, 0.4) is 0 Å². The van der Waals surface area contributed by atoms with Gasteiger partial charge in [0.25, 0.3) is 0 Å². The second-order valence-electron chi connectivity index (χ2n) is 3.09. The molecule has 0 bridgehead atoms. The predicted molar refractivity (Wildman–Crippen MR) is 49.6 cm³/mol. The van der Waals surface area contributed by atoms with E-state index in [1.807, 2.05) is 6.92 Å². The number of hydrogen-bond donors (Lipinski definition) is 1. The molecule has 0 heterocycles. The second kappa shape index (κ2) is 3.83. The number of allylic oxidation sites excluding steroid dienone is 3. The van der Waals surface area contributed by atoms with Crippen LogP contribution in [0.25, 0.3) is 0 Å². The van der Waals surface area contributed by atoms with Crippen LogP contribution in [0.15, 0.2) is 35.2 Å². The summed E-state index contributed by atoms with van der Waals surface area (Å²) >= 11 is 0. The molecule has 0 saturated carbocycles. The Hall–Kier alpha value is -0.960. The molecular weight excluding hydrogens is 172 g/mol. The Morgan fingerprint density at radius 2 is 2.23 bits per heavy atom. The lowest BCUT2D eigenvalue weighted by Gasteiger charge is -2.21. The zero-order valence-electron chi connectivity index (χ0n) is 7.72. The molecule has 0 aromatic heterocycles. The summed E-state index contributed by atoms with van der Waals surface area (Å²) < 4.78 is 25.9. The third kappa shape index (κ3) is 2.04. The van der Waals surface area contributed by atoms with Crippen molar-refractivity contribution in [3.63, 3.8) is 0 Å². The van der Waals surface area contributed by atoms with Crippen LogP contribution in [0, 0.1) is 0 Å². The van der Waals surface area contributed by atoms with Gasteiger partial charge >= 0.3 is 0 Å². The van der Waals surface area contributed by atoms with Crippen molar-refractivity contribution in [2.75, 3.05) is 0 Å². The van der Waals surface area contributed by atoms with Crippen LogP contribution >= 0.6 is 0 Å². The van der Waals surface area contributed by atoms with Crippen molar-refractivity contribution in [3.05, 3.63) is 35.2 Å². The van der Waals surface area contributed by atoms with Gasteiger partial charge < -0.3 is 5.73 Å². The van der Waals surface area contributed by atoms with E-state index >= 15 is 0 Å². The Morgan fingerprint density at radius 1 is 1.62 bits per heavy atom. The predicted octanol–water partition coefficient (Wildman–Crippen LogP) is 2.41. The van der Waals surface area contributed by atoms with Crippen LogP contribution in [0.4, 0.5) is 8.78 Å². The summed E-state index contributed by atoms with van der Waals surface area (Å²) in [5.74, 6) is -0.551. The fourth-order valence-electron chi connectivity index (χ4n) is 1.26. The van der Waals surface area contributed by atoms with E-state index in [-0.39, 0.29) is 0 Å². The Bertz CT molecular complexity index is 289. The lowest BCUT2D eigenvalue weighted by atomic mass is 9.92. The Kier molecular flexibility index (Phi) is 2.98. The quantitative estimate of drug-likeness (QED) is 0.667. The molecule has 1 nitrogen and oxygen atoms in total. The van der Waals surface area contributed by atoms with Crippen molar-refractivity contribution in [1.29, 1.82) is 0 Å². The lowest BCUT2D eigenvalue weighted by molar-refractivity contribution is 0.353. The molecule has 0 fully saturated rings. The largest absolute Gasteiger partial charge is 0.321 e. The maximum absolute atomic E-state index is 13.1. The van der Waals surface area contributed by atoms with Crippen LogP contribution in [0.5, 0.6) is 0 Å². The zero-order chi connectivity index (χ0) is 10.0. The molecule has 3 heteroatoms. The number of rotatable bonds is 1. The fraction of sp³-hybridized carbons (Fsp3) is 0.400. The average Bonchev–Trinajstić information content (AvgIpc) is 2.10. The molecule has 0 radical (unpaired) electrons. The first-order chi connectivity index (χ1) is 6.06. The minimum atomic E-state index is -1.42. The molecule has 2 atom stereocenters. The van der Waals surface area contributed by atoms with Gasteiger partial charge in [-0.2, -0.15) is 0 Å². The highest BCUT2D eigenvalue weighted by Crippen LogP contribution is 2.25. The van der Waals surface area contributed by atoms with Gasteiger partial charge in [0.05, 0.1) is 6.04 Å². The molecule has 0 unspecified atom stereocenters. The summed E-state index contributed by atoms with van der Waals surface area (Å²) in [5.41, 5.74) is 6.92. The standard InChI is InChI=1S/C10H13F2N/c1-3-6(2)8-4-7(11)5-9(12)10(8)13/h3-5,9-10H,13H2,1-2H3/b6-3-/t9-,10+/m0/s1. The van der Waals surface area contributed by atoms with Crippen molar-refractivity contribution in [2.45, 2.75) is 26.1 Å². The van der Waals surface area contributed by atoms with E-state index in [1.165, 1.54) is 6.08 Å².